The van der Waals surface area contributed by atoms with Crippen LogP contribution in [0, 0.1) is 0 Å². The number of nitrogens with zero attached hydrogens (tertiary/aromatic N) is 2. The van der Waals surface area contributed by atoms with Gasteiger partial charge in [-0.1, -0.05) is 84.5 Å². The predicted octanol–water partition coefficient (Wildman–Crippen LogP) is 6.08. The lowest BCUT2D eigenvalue weighted by molar-refractivity contribution is 0.227. The Balaban J connectivity index is 3.68. The Morgan fingerprint density at radius 1 is 0.783 bits per heavy atom. The first kappa shape index (κ1) is 22.3. The van der Waals surface area contributed by atoms with Crippen LogP contribution in [0.3, 0.4) is 0 Å². The van der Waals surface area contributed by atoms with E-state index in [1.165, 1.54) is 83.5 Å². The molecule has 1 atom stereocenters. The Kier molecular flexibility index (Phi) is 17.2. The van der Waals surface area contributed by atoms with Crippen LogP contribution < -0.4 is 0 Å². The van der Waals surface area contributed by atoms with Gasteiger partial charge in [0, 0.05) is 0 Å². The van der Waals surface area contributed by atoms with Crippen LogP contribution in [0.2, 0.25) is 0 Å². The highest BCUT2D eigenvalue weighted by molar-refractivity contribution is 5.33. The molecule has 0 aromatic rings. The SMILES string of the molecule is CCCCCCCCCCCC(N=C=O)N(C)CCCCCC. The molecule has 0 aliphatic carbocycles. The third-order valence-corrected chi connectivity index (χ3v) is 4.64. The molecule has 0 heterocycles. The molecule has 0 spiro atoms. The van der Waals surface area contributed by atoms with Gasteiger partial charge in [-0.2, -0.15) is 4.99 Å². The first-order chi connectivity index (χ1) is 11.3. The van der Waals surface area contributed by atoms with Gasteiger partial charge < -0.3 is 0 Å². The van der Waals surface area contributed by atoms with E-state index in [0.717, 1.165) is 13.0 Å². The molecule has 3 heteroatoms. The fourth-order valence-corrected chi connectivity index (χ4v) is 3.02. The van der Waals surface area contributed by atoms with E-state index in [-0.39, 0.29) is 6.17 Å². The van der Waals surface area contributed by atoms with Crippen LogP contribution >= 0.6 is 0 Å². The van der Waals surface area contributed by atoms with E-state index in [4.69, 9.17) is 0 Å². The number of unbranched alkanes of at least 4 members (excludes halogenated alkanes) is 11. The topological polar surface area (TPSA) is 32.7 Å². The second kappa shape index (κ2) is 17.7. The monoisotopic (exact) mass is 324 g/mol. The fraction of sp³-hybridized carbons (Fsp3) is 0.950. The molecule has 0 rings (SSSR count). The zero-order valence-corrected chi connectivity index (χ0v) is 16.0. The summed E-state index contributed by atoms with van der Waals surface area (Å²) in [5.41, 5.74) is 0. The van der Waals surface area contributed by atoms with Crippen LogP contribution in [0.1, 0.15) is 104 Å². The van der Waals surface area contributed by atoms with Gasteiger partial charge in [0.25, 0.3) is 0 Å². The molecule has 23 heavy (non-hydrogen) atoms. The van der Waals surface area contributed by atoms with E-state index < -0.39 is 0 Å². The minimum Gasteiger partial charge on any atom is -0.284 e. The number of rotatable bonds is 17. The van der Waals surface area contributed by atoms with E-state index in [2.05, 4.69) is 30.8 Å². The van der Waals surface area contributed by atoms with Crippen molar-refractivity contribution in [2.75, 3.05) is 13.6 Å². The molecule has 0 aliphatic heterocycles. The van der Waals surface area contributed by atoms with Crippen LogP contribution in [0.25, 0.3) is 0 Å². The summed E-state index contributed by atoms with van der Waals surface area (Å²) in [4.78, 5) is 16.9. The van der Waals surface area contributed by atoms with Gasteiger partial charge in [-0.25, -0.2) is 4.79 Å². The molecule has 3 nitrogen and oxygen atoms in total. The molecular formula is C20H40N2O. The van der Waals surface area contributed by atoms with Crippen molar-refractivity contribution in [2.45, 2.75) is 110 Å². The minimum atomic E-state index is 0.0404. The summed E-state index contributed by atoms with van der Waals surface area (Å²) in [5, 5.41) is 0. The summed E-state index contributed by atoms with van der Waals surface area (Å²) in [5.74, 6) is 0. The second-order valence-electron chi connectivity index (χ2n) is 6.86. The van der Waals surface area contributed by atoms with Crippen molar-refractivity contribution in [1.82, 2.24) is 4.90 Å². The molecule has 0 saturated carbocycles. The van der Waals surface area contributed by atoms with E-state index in [1.54, 1.807) is 6.08 Å². The van der Waals surface area contributed by atoms with Crippen LogP contribution in [0.15, 0.2) is 4.99 Å². The zero-order valence-electron chi connectivity index (χ0n) is 16.0. The molecule has 0 aromatic carbocycles. The Hall–Kier alpha value is -0.660. The maximum Gasteiger partial charge on any atom is 0.236 e. The van der Waals surface area contributed by atoms with Crippen molar-refractivity contribution in [3.8, 4) is 0 Å². The summed E-state index contributed by atoms with van der Waals surface area (Å²) in [6.07, 6.45) is 19.8. The maximum atomic E-state index is 10.6. The Morgan fingerprint density at radius 2 is 1.26 bits per heavy atom. The average Bonchev–Trinajstić information content (AvgIpc) is 2.56. The van der Waals surface area contributed by atoms with E-state index in [0.29, 0.717) is 0 Å². The molecule has 1 unspecified atom stereocenters. The standard InChI is InChI=1S/C20H40N2O/c1-4-6-8-10-11-12-13-14-15-17-20(21-19-23)22(3)18-16-9-7-5-2/h20H,4-18H2,1-3H3. The first-order valence-corrected chi connectivity index (χ1v) is 10.0. The van der Waals surface area contributed by atoms with Gasteiger partial charge in [0.1, 0.15) is 6.17 Å². The Morgan fingerprint density at radius 3 is 1.78 bits per heavy atom. The summed E-state index contributed by atoms with van der Waals surface area (Å²) in [6.45, 7) is 5.53. The second-order valence-corrected chi connectivity index (χ2v) is 6.86. The van der Waals surface area contributed by atoms with Gasteiger partial charge in [-0.3, -0.25) is 4.90 Å². The van der Waals surface area contributed by atoms with Crippen LogP contribution in [-0.2, 0) is 4.79 Å². The highest BCUT2D eigenvalue weighted by atomic mass is 16.1. The number of carbonyl (C=O) groups excluding carboxylic acids is 1. The summed E-state index contributed by atoms with van der Waals surface area (Å²) in [7, 11) is 2.09. The molecule has 136 valence electrons. The number of isocyanates is 1. The first-order valence-electron chi connectivity index (χ1n) is 10.0. The molecule has 0 radical (unpaired) electrons. The lowest BCUT2D eigenvalue weighted by Crippen LogP contribution is -2.31. The van der Waals surface area contributed by atoms with Crippen molar-refractivity contribution in [3.05, 3.63) is 0 Å². The van der Waals surface area contributed by atoms with Gasteiger partial charge in [-0.15, -0.1) is 0 Å². The van der Waals surface area contributed by atoms with Gasteiger partial charge in [0.15, 0.2) is 0 Å². The lowest BCUT2D eigenvalue weighted by atomic mass is 10.1. The quantitative estimate of drug-likeness (QED) is 0.184. The summed E-state index contributed by atoms with van der Waals surface area (Å²) in [6, 6.07) is 0. The van der Waals surface area contributed by atoms with Crippen molar-refractivity contribution in [3.63, 3.8) is 0 Å². The molecule has 0 amide bonds. The third-order valence-electron chi connectivity index (χ3n) is 4.64. The van der Waals surface area contributed by atoms with Gasteiger partial charge >= 0.3 is 0 Å². The van der Waals surface area contributed by atoms with Crippen LogP contribution in [0.5, 0.6) is 0 Å². The smallest absolute Gasteiger partial charge is 0.236 e. The number of hydrogen-bond donors (Lipinski definition) is 0. The normalized spacial score (nSPS) is 12.3. The van der Waals surface area contributed by atoms with E-state index in [1.807, 2.05) is 0 Å². The van der Waals surface area contributed by atoms with Crippen LogP contribution in [-0.4, -0.2) is 30.7 Å². The van der Waals surface area contributed by atoms with E-state index >= 15 is 0 Å². The molecule has 0 aliphatic rings. The van der Waals surface area contributed by atoms with Gasteiger partial charge in [-0.05, 0) is 32.9 Å². The minimum absolute atomic E-state index is 0.0404. The number of hydrogen-bond acceptors (Lipinski definition) is 3. The summed E-state index contributed by atoms with van der Waals surface area (Å²) < 4.78 is 0. The van der Waals surface area contributed by atoms with Crippen molar-refractivity contribution in [1.29, 1.82) is 0 Å². The average molecular weight is 325 g/mol. The Labute approximate surface area is 144 Å². The van der Waals surface area contributed by atoms with Gasteiger partial charge in [0.05, 0.1) is 0 Å². The molecule has 0 N–H and O–H groups in total. The number of aliphatic imine (C=N–C) groups is 1. The summed E-state index contributed by atoms with van der Waals surface area (Å²) >= 11 is 0. The maximum absolute atomic E-state index is 10.6. The highest BCUT2D eigenvalue weighted by Gasteiger charge is 2.12. The molecule has 0 aromatic heterocycles. The van der Waals surface area contributed by atoms with Crippen LogP contribution in [0.4, 0.5) is 0 Å². The van der Waals surface area contributed by atoms with Crippen molar-refractivity contribution >= 4 is 6.08 Å². The highest BCUT2D eigenvalue weighted by Crippen LogP contribution is 2.14. The predicted molar refractivity (Wildman–Crippen MR) is 101 cm³/mol. The zero-order chi connectivity index (χ0) is 17.2. The molecule has 0 fully saturated rings. The largest absolute Gasteiger partial charge is 0.284 e. The van der Waals surface area contributed by atoms with E-state index in [9.17, 15) is 4.79 Å². The Bertz CT molecular complexity index is 287. The fourth-order valence-electron chi connectivity index (χ4n) is 3.02. The van der Waals surface area contributed by atoms with Gasteiger partial charge in [0.2, 0.25) is 6.08 Å². The van der Waals surface area contributed by atoms with Crippen molar-refractivity contribution < 1.29 is 4.79 Å². The van der Waals surface area contributed by atoms with Crippen molar-refractivity contribution in [2.24, 2.45) is 4.99 Å². The molecule has 0 bridgehead atoms. The molecule has 0 saturated heterocycles. The third kappa shape index (κ3) is 14.7. The lowest BCUT2D eigenvalue weighted by Gasteiger charge is -2.23. The molecular weight excluding hydrogens is 284 g/mol.